The van der Waals surface area contributed by atoms with Crippen LogP contribution in [0.25, 0.3) is 0 Å². The SMILES string of the molecule is COc1ccc(N(C(=O)C(N)=O)c2ccc(C(=O)NN)cc2)cc1. The first-order valence-electron chi connectivity index (χ1n) is 6.87. The number of rotatable bonds is 4. The molecule has 0 unspecified atom stereocenters. The Balaban J connectivity index is 2.44. The molecule has 0 aliphatic rings. The van der Waals surface area contributed by atoms with Crippen LogP contribution in [-0.2, 0) is 9.59 Å². The zero-order valence-corrected chi connectivity index (χ0v) is 12.9. The van der Waals surface area contributed by atoms with E-state index in [0.29, 0.717) is 22.7 Å². The molecule has 0 saturated heterocycles. The summed E-state index contributed by atoms with van der Waals surface area (Å²) in [5.41, 5.74) is 8.25. The highest BCUT2D eigenvalue weighted by atomic mass is 16.5. The summed E-state index contributed by atoms with van der Waals surface area (Å²) in [7, 11) is 1.52. The van der Waals surface area contributed by atoms with Gasteiger partial charge in [0.25, 0.3) is 5.91 Å². The Morgan fingerprint density at radius 3 is 1.88 bits per heavy atom. The van der Waals surface area contributed by atoms with Crippen molar-refractivity contribution < 1.29 is 19.1 Å². The van der Waals surface area contributed by atoms with Crippen molar-refractivity contribution >= 4 is 29.1 Å². The predicted octanol–water partition coefficient (Wildman–Crippen LogP) is 0.449. The maximum absolute atomic E-state index is 12.2. The van der Waals surface area contributed by atoms with Gasteiger partial charge >= 0.3 is 11.8 Å². The number of carbonyl (C=O) groups is 3. The van der Waals surface area contributed by atoms with Crippen LogP contribution in [0.5, 0.6) is 5.75 Å². The molecule has 0 heterocycles. The molecule has 5 N–H and O–H groups in total. The highest BCUT2D eigenvalue weighted by Gasteiger charge is 2.23. The molecule has 0 spiro atoms. The number of amides is 3. The summed E-state index contributed by atoms with van der Waals surface area (Å²) in [6.45, 7) is 0. The third-order valence-corrected chi connectivity index (χ3v) is 3.26. The van der Waals surface area contributed by atoms with Crippen molar-refractivity contribution in [1.82, 2.24) is 5.43 Å². The number of hydrogen-bond acceptors (Lipinski definition) is 5. The smallest absolute Gasteiger partial charge is 0.320 e. The number of hydrazine groups is 1. The molecule has 0 aliphatic heterocycles. The zero-order valence-electron chi connectivity index (χ0n) is 12.9. The number of carbonyl (C=O) groups excluding carboxylic acids is 3. The Kier molecular flexibility index (Phi) is 5.13. The Labute approximate surface area is 138 Å². The van der Waals surface area contributed by atoms with E-state index in [9.17, 15) is 14.4 Å². The zero-order chi connectivity index (χ0) is 17.7. The van der Waals surface area contributed by atoms with Crippen molar-refractivity contribution in [3.8, 4) is 5.75 Å². The largest absolute Gasteiger partial charge is 0.497 e. The fourth-order valence-corrected chi connectivity index (χ4v) is 2.07. The fraction of sp³-hybridized carbons (Fsp3) is 0.0625. The van der Waals surface area contributed by atoms with E-state index < -0.39 is 17.7 Å². The summed E-state index contributed by atoms with van der Waals surface area (Å²) in [6, 6.07) is 12.5. The standard InChI is InChI=1S/C16H16N4O4/c1-24-13-8-6-12(7-9-13)20(16(23)14(17)21)11-4-2-10(3-5-11)15(22)19-18/h2-9H,18H2,1H3,(H2,17,21)(H,19,22). The highest BCUT2D eigenvalue weighted by Crippen LogP contribution is 2.27. The highest BCUT2D eigenvalue weighted by molar-refractivity contribution is 6.41. The fourth-order valence-electron chi connectivity index (χ4n) is 2.07. The number of anilines is 2. The molecule has 124 valence electrons. The van der Waals surface area contributed by atoms with Crippen LogP contribution in [-0.4, -0.2) is 24.8 Å². The summed E-state index contributed by atoms with van der Waals surface area (Å²) in [5, 5.41) is 0. The minimum atomic E-state index is -1.10. The number of primary amides is 1. The quantitative estimate of drug-likeness (QED) is 0.325. The summed E-state index contributed by atoms with van der Waals surface area (Å²) in [4.78, 5) is 36.2. The molecule has 0 atom stereocenters. The number of methoxy groups -OCH3 is 1. The maximum atomic E-state index is 12.2. The number of ether oxygens (including phenoxy) is 1. The Morgan fingerprint density at radius 1 is 0.958 bits per heavy atom. The lowest BCUT2D eigenvalue weighted by atomic mass is 10.1. The number of nitrogen functional groups attached to an aromatic ring is 1. The van der Waals surface area contributed by atoms with Gasteiger partial charge in [-0.05, 0) is 48.5 Å². The molecular formula is C16H16N4O4. The first-order valence-corrected chi connectivity index (χ1v) is 6.87. The third kappa shape index (κ3) is 3.50. The first-order chi connectivity index (χ1) is 11.5. The molecule has 3 amide bonds. The van der Waals surface area contributed by atoms with Crippen LogP contribution in [0, 0.1) is 0 Å². The van der Waals surface area contributed by atoms with Gasteiger partial charge in [0, 0.05) is 16.9 Å². The van der Waals surface area contributed by atoms with Crippen molar-refractivity contribution in [2.24, 2.45) is 11.6 Å². The van der Waals surface area contributed by atoms with Gasteiger partial charge in [-0.25, -0.2) is 5.84 Å². The molecule has 8 heteroatoms. The van der Waals surface area contributed by atoms with E-state index in [-0.39, 0.29) is 0 Å². The average molecular weight is 328 g/mol. The van der Waals surface area contributed by atoms with Crippen molar-refractivity contribution in [2.45, 2.75) is 0 Å². The molecule has 2 aromatic carbocycles. The molecule has 0 aromatic heterocycles. The number of nitrogens with two attached hydrogens (primary N) is 2. The van der Waals surface area contributed by atoms with Gasteiger partial charge in [0.15, 0.2) is 0 Å². The van der Waals surface area contributed by atoms with Gasteiger partial charge in [-0.2, -0.15) is 0 Å². The topological polar surface area (TPSA) is 128 Å². The van der Waals surface area contributed by atoms with E-state index in [1.165, 1.54) is 31.4 Å². The normalized spacial score (nSPS) is 9.92. The lowest BCUT2D eigenvalue weighted by molar-refractivity contribution is -0.135. The van der Waals surface area contributed by atoms with Crippen molar-refractivity contribution in [2.75, 3.05) is 12.0 Å². The van der Waals surface area contributed by atoms with Crippen LogP contribution in [0.4, 0.5) is 11.4 Å². The number of nitrogens with one attached hydrogen (secondary N) is 1. The lowest BCUT2D eigenvalue weighted by Crippen LogP contribution is -2.37. The third-order valence-electron chi connectivity index (χ3n) is 3.26. The minimum absolute atomic E-state index is 0.308. The van der Waals surface area contributed by atoms with Crippen molar-refractivity contribution in [1.29, 1.82) is 0 Å². The van der Waals surface area contributed by atoms with Gasteiger partial charge in [-0.3, -0.25) is 24.7 Å². The monoisotopic (exact) mass is 328 g/mol. The van der Waals surface area contributed by atoms with E-state index in [1.807, 2.05) is 5.43 Å². The maximum Gasteiger partial charge on any atom is 0.320 e. The Morgan fingerprint density at radius 2 is 1.46 bits per heavy atom. The van der Waals surface area contributed by atoms with E-state index in [2.05, 4.69) is 0 Å². The number of benzene rings is 2. The lowest BCUT2D eigenvalue weighted by Gasteiger charge is -2.22. The van der Waals surface area contributed by atoms with Gasteiger partial charge in [0.1, 0.15) is 5.75 Å². The molecule has 8 nitrogen and oxygen atoms in total. The van der Waals surface area contributed by atoms with Crippen LogP contribution >= 0.6 is 0 Å². The summed E-state index contributed by atoms with van der Waals surface area (Å²) in [6.07, 6.45) is 0. The van der Waals surface area contributed by atoms with Gasteiger partial charge < -0.3 is 10.5 Å². The number of hydrogen-bond donors (Lipinski definition) is 3. The second-order valence-electron chi connectivity index (χ2n) is 4.72. The molecular weight excluding hydrogens is 312 g/mol. The van der Waals surface area contributed by atoms with E-state index in [4.69, 9.17) is 16.3 Å². The van der Waals surface area contributed by atoms with Crippen molar-refractivity contribution in [3.05, 3.63) is 54.1 Å². The van der Waals surface area contributed by atoms with Crippen molar-refractivity contribution in [3.63, 3.8) is 0 Å². The van der Waals surface area contributed by atoms with E-state index in [0.717, 1.165) is 4.90 Å². The molecule has 2 aromatic rings. The molecule has 0 radical (unpaired) electrons. The Bertz CT molecular complexity index is 757. The van der Waals surface area contributed by atoms with Crippen LogP contribution < -0.4 is 26.6 Å². The first kappa shape index (κ1) is 17.0. The van der Waals surface area contributed by atoms with Crippen LogP contribution in [0.3, 0.4) is 0 Å². The molecule has 0 bridgehead atoms. The van der Waals surface area contributed by atoms with E-state index in [1.54, 1.807) is 24.3 Å². The Hall–Kier alpha value is -3.39. The summed E-state index contributed by atoms with van der Waals surface area (Å²) in [5.74, 6) is 3.19. The van der Waals surface area contributed by atoms with Crippen LogP contribution in [0.15, 0.2) is 48.5 Å². The van der Waals surface area contributed by atoms with E-state index >= 15 is 0 Å². The average Bonchev–Trinajstić information content (AvgIpc) is 2.62. The van der Waals surface area contributed by atoms with Gasteiger partial charge in [0.2, 0.25) is 0 Å². The molecule has 24 heavy (non-hydrogen) atoms. The second-order valence-corrected chi connectivity index (χ2v) is 4.72. The second kappa shape index (κ2) is 7.25. The van der Waals surface area contributed by atoms with Crippen LogP contribution in [0.1, 0.15) is 10.4 Å². The number of nitrogens with zero attached hydrogens (tertiary/aromatic N) is 1. The van der Waals surface area contributed by atoms with Gasteiger partial charge in [-0.1, -0.05) is 0 Å². The van der Waals surface area contributed by atoms with Gasteiger partial charge in [0.05, 0.1) is 7.11 Å². The molecule has 0 aliphatic carbocycles. The predicted molar refractivity (Wildman–Crippen MR) is 87.4 cm³/mol. The minimum Gasteiger partial charge on any atom is -0.497 e. The molecule has 0 saturated carbocycles. The summed E-state index contributed by atoms with van der Waals surface area (Å²) >= 11 is 0. The molecule has 0 fully saturated rings. The summed E-state index contributed by atoms with van der Waals surface area (Å²) < 4.78 is 5.07. The molecule has 2 rings (SSSR count). The van der Waals surface area contributed by atoms with Gasteiger partial charge in [-0.15, -0.1) is 0 Å². The van der Waals surface area contributed by atoms with Crippen LogP contribution in [0.2, 0.25) is 0 Å².